The number of carbonyl (C=O) groups excluding carboxylic acids is 3. The molecule has 0 aromatic rings. The summed E-state index contributed by atoms with van der Waals surface area (Å²) in [4.78, 5) is 36.1. The predicted octanol–water partition coefficient (Wildman–Crippen LogP) is 4.28. The molecule has 4 aliphatic rings. The van der Waals surface area contributed by atoms with Crippen LogP contribution in [0.2, 0.25) is 0 Å². The smallest absolute Gasteiger partial charge is 0.303 e. The Kier molecular flexibility index (Phi) is 5.51. The number of allylic oxidation sites excluding steroid dienone is 4. The van der Waals surface area contributed by atoms with Crippen LogP contribution < -0.4 is 0 Å². The van der Waals surface area contributed by atoms with Crippen molar-refractivity contribution in [3.8, 4) is 0 Å². The molecular weight excluding hydrogens is 458 g/mol. The minimum absolute atomic E-state index is 0.0875. The molecule has 3 fully saturated rings. The first-order valence-electron chi connectivity index (χ1n) is 11.1. The lowest BCUT2D eigenvalue weighted by molar-refractivity contribution is -0.198. The number of hydrogen-bond acceptors (Lipinski definition) is 5. The van der Waals surface area contributed by atoms with Crippen molar-refractivity contribution in [2.45, 2.75) is 70.0 Å². The van der Waals surface area contributed by atoms with Gasteiger partial charge in [-0.1, -0.05) is 26.8 Å². The molecule has 0 unspecified atom stereocenters. The number of rotatable bonds is 3. The van der Waals surface area contributed by atoms with Crippen molar-refractivity contribution in [2.75, 3.05) is 5.88 Å². The molecule has 3 saturated carbocycles. The van der Waals surface area contributed by atoms with E-state index in [0.717, 1.165) is 0 Å². The second-order valence-electron chi connectivity index (χ2n) is 10.4. The number of halogens is 3. The monoisotopic (exact) mass is 486 g/mol. The zero-order chi connectivity index (χ0) is 23.9. The Morgan fingerprint density at radius 2 is 1.97 bits per heavy atom. The Balaban J connectivity index is 1.88. The van der Waals surface area contributed by atoms with Crippen molar-refractivity contribution in [1.29, 1.82) is 0 Å². The molecular formula is C24H29Cl2FO5. The highest BCUT2D eigenvalue weighted by Gasteiger charge is 2.76. The van der Waals surface area contributed by atoms with Crippen LogP contribution in [-0.4, -0.2) is 45.1 Å². The Morgan fingerprint density at radius 3 is 2.56 bits per heavy atom. The topological polar surface area (TPSA) is 80.7 Å². The average Bonchev–Trinajstić information content (AvgIpc) is 2.93. The van der Waals surface area contributed by atoms with Gasteiger partial charge in [-0.05, 0) is 49.2 Å². The maximum Gasteiger partial charge on any atom is 0.303 e. The van der Waals surface area contributed by atoms with E-state index in [4.69, 9.17) is 27.9 Å². The van der Waals surface area contributed by atoms with E-state index < -0.39 is 45.0 Å². The van der Waals surface area contributed by atoms with E-state index in [1.54, 1.807) is 13.0 Å². The largest absolute Gasteiger partial charge is 0.450 e. The predicted molar refractivity (Wildman–Crippen MR) is 118 cm³/mol. The summed E-state index contributed by atoms with van der Waals surface area (Å²) in [6.45, 7) is 6.79. The van der Waals surface area contributed by atoms with Crippen molar-refractivity contribution in [1.82, 2.24) is 0 Å². The Bertz CT molecular complexity index is 962. The van der Waals surface area contributed by atoms with Gasteiger partial charge in [-0.2, -0.15) is 0 Å². The average molecular weight is 487 g/mol. The summed E-state index contributed by atoms with van der Waals surface area (Å²) in [5.41, 5.74) is -3.09. The van der Waals surface area contributed by atoms with Crippen LogP contribution in [0, 0.1) is 28.6 Å². The number of aliphatic hydroxyl groups excluding tert-OH is 1. The number of aliphatic hydroxyl groups is 1. The first kappa shape index (κ1) is 23.9. The molecule has 4 aliphatic carbocycles. The fourth-order valence-electron chi connectivity index (χ4n) is 7.80. The number of fused-ring (bicyclic) bond motifs is 5. The third-order valence-corrected chi connectivity index (χ3v) is 10.3. The van der Waals surface area contributed by atoms with Gasteiger partial charge >= 0.3 is 5.97 Å². The van der Waals surface area contributed by atoms with Gasteiger partial charge in [0, 0.05) is 23.7 Å². The number of alkyl halides is 2. The van der Waals surface area contributed by atoms with Crippen LogP contribution in [0.1, 0.15) is 53.4 Å². The van der Waals surface area contributed by atoms with Crippen molar-refractivity contribution in [3.63, 3.8) is 0 Å². The van der Waals surface area contributed by atoms with Crippen LogP contribution in [0.5, 0.6) is 0 Å². The van der Waals surface area contributed by atoms with Crippen LogP contribution in [0.3, 0.4) is 0 Å². The summed E-state index contributed by atoms with van der Waals surface area (Å²) in [5.74, 6) is -3.53. The van der Waals surface area contributed by atoms with Gasteiger partial charge in [0.2, 0.25) is 5.78 Å². The number of ether oxygens (including phenoxy) is 1. The van der Waals surface area contributed by atoms with Crippen molar-refractivity contribution >= 4 is 40.7 Å². The molecule has 5 nitrogen and oxygen atoms in total. The third kappa shape index (κ3) is 2.63. The molecule has 4 rings (SSSR count). The summed E-state index contributed by atoms with van der Waals surface area (Å²) < 4.78 is 20.7. The zero-order valence-electron chi connectivity index (χ0n) is 18.7. The van der Waals surface area contributed by atoms with E-state index in [1.165, 1.54) is 13.0 Å². The quantitative estimate of drug-likeness (QED) is 0.475. The standard InChI is InChI=1S/C24H29Cl2FO5/c1-12-9-16-14-5-6-15-20(27)17(29)7-8-21(15,3)23(14,26)18(30)10-22(16,4)24(12,19(31)11-25)32-13(2)28/h7-8,12,14,16,18,30H,5-6,9-11H2,1-4H3/t12-,14-,16-,18-,21-,22-,23-,24+/m0/s1. The summed E-state index contributed by atoms with van der Waals surface area (Å²) in [5, 5.41) is 11.6. The van der Waals surface area contributed by atoms with E-state index >= 15 is 0 Å². The van der Waals surface area contributed by atoms with Crippen LogP contribution in [-0.2, 0) is 19.1 Å². The molecule has 176 valence electrons. The molecule has 0 spiro atoms. The van der Waals surface area contributed by atoms with Crippen LogP contribution in [0.15, 0.2) is 23.6 Å². The highest BCUT2D eigenvalue weighted by molar-refractivity contribution is 6.29. The lowest BCUT2D eigenvalue weighted by Crippen LogP contribution is -2.69. The molecule has 8 heteroatoms. The van der Waals surface area contributed by atoms with Gasteiger partial charge in [0.05, 0.1) is 16.9 Å². The lowest BCUT2D eigenvalue weighted by atomic mass is 9.45. The van der Waals surface area contributed by atoms with E-state index in [9.17, 15) is 23.9 Å². The first-order chi connectivity index (χ1) is 14.8. The SMILES string of the molecule is CC(=O)O[C@@]1(C(=O)CCl)[C@@H](C)C[C@H]2[C@@H]3CCC4=C(F)C(=O)C=C[C@]4(C)[C@@]3(Cl)[C@@H](O)C[C@@]21C. The molecule has 0 aromatic heterocycles. The molecule has 0 heterocycles. The summed E-state index contributed by atoms with van der Waals surface area (Å²) in [6, 6.07) is 0. The molecule has 0 amide bonds. The number of ketones is 2. The molecule has 8 atom stereocenters. The van der Waals surface area contributed by atoms with Crippen LogP contribution in [0.4, 0.5) is 4.39 Å². The second-order valence-corrected chi connectivity index (χ2v) is 11.3. The van der Waals surface area contributed by atoms with Gasteiger partial charge in [-0.15, -0.1) is 23.2 Å². The second kappa shape index (κ2) is 7.38. The van der Waals surface area contributed by atoms with Crippen LogP contribution in [0.25, 0.3) is 0 Å². The fourth-order valence-corrected chi connectivity index (χ4v) is 8.52. The molecule has 0 aliphatic heterocycles. The van der Waals surface area contributed by atoms with Gasteiger partial charge in [-0.3, -0.25) is 14.4 Å². The van der Waals surface area contributed by atoms with E-state index in [2.05, 4.69) is 0 Å². The molecule has 0 bridgehead atoms. The molecule has 0 saturated heterocycles. The molecule has 32 heavy (non-hydrogen) atoms. The van der Waals surface area contributed by atoms with E-state index in [0.29, 0.717) is 24.8 Å². The Hall–Kier alpha value is -1.24. The van der Waals surface area contributed by atoms with Gasteiger partial charge < -0.3 is 9.84 Å². The van der Waals surface area contributed by atoms with Crippen molar-refractivity contribution in [2.24, 2.45) is 28.6 Å². The van der Waals surface area contributed by atoms with Gasteiger partial charge in [0.1, 0.15) is 0 Å². The van der Waals surface area contributed by atoms with E-state index in [1.807, 2.05) is 13.8 Å². The van der Waals surface area contributed by atoms with Gasteiger partial charge in [-0.25, -0.2) is 4.39 Å². The maximum absolute atomic E-state index is 14.9. The minimum Gasteiger partial charge on any atom is -0.450 e. The normalized spacial score (nSPS) is 47.6. The maximum atomic E-state index is 14.9. The Morgan fingerprint density at radius 1 is 1.31 bits per heavy atom. The zero-order valence-corrected chi connectivity index (χ0v) is 20.2. The summed E-state index contributed by atoms with van der Waals surface area (Å²) >= 11 is 13.3. The highest BCUT2D eigenvalue weighted by Crippen LogP contribution is 2.72. The lowest BCUT2D eigenvalue weighted by Gasteiger charge is -2.64. The summed E-state index contributed by atoms with van der Waals surface area (Å²) in [6.07, 6.45) is 3.12. The van der Waals surface area contributed by atoms with Gasteiger partial charge in [0.25, 0.3) is 0 Å². The number of hydrogen-bond donors (Lipinski definition) is 1. The van der Waals surface area contributed by atoms with Crippen molar-refractivity contribution in [3.05, 3.63) is 23.6 Å². The Labute approximate surface area is 197 Å². The fraction of sp³-hybridized carbons (Fsp3) is 0.708. The minimum atomic E-state index is -1.47. The number of carbonyl (C=O) groups is 3. The van der Waals surface area contributed by atoms with Crippen LogP contribution >= 0.6 is 23.2 Å². The third-order valence-electron chi connectivity index (χ3n) is 9.11. The number of esters is 1. The highest BCUT2D eigenvalue weighted by atomic mass is 35.5. The van der Waals surface area contributed by atoms with Gasteiger partial charge in [0.15, 0.2) is 17.2 Å². The van der Waals surface area contributed by atoms with Crippen molar-refractivity contribution < 1.29 is 28.6 Å². The summed E-state index contributed by atoms with van der Waals surface area (Å²) in [7, 11) is 0. The molecule has 1 N–H and O–H groups in total. The molecule has 0 aromatic carbocycles. The van der Waals surface area contributed by atoms with E-state index in [-0.39, 0.29) is 35.8 Å². The molecule has 0 radical (unpaired) electrons. The number of Topliss-reactive ketones (excluding diaryl/α,β-unsaturated/α-hetero) is 1. The first-order valence-corrected chi connectivity index (χ1v) is 12.0.